The zero-order chi connectivity index (χ0) is 28.4. The van der Waals surface area contributed by atoms with Crippen LogP contribution in [0.25, 0.3) is 71.7 Å². The quantitative estimate of drug-likeness (QED) is 0.209. The first-order valence-electron chi connectivity index (χ1n) is 14.1. The van der Waals surface area contributed by atoms with E-state index in [2.05, 4.69) is 84.1 Å². The van der Waals surface area contributed by atoms with Crippen LogP contribution in [-0.2, 0) is 0 Å². The second-order valence-electron chi connectivity index (χ2n) is 10.9. The topological polar surface area (TPSA) is 48.0 Å². The van der Waals surface area contributed by atoms with Crippen molar-refractivity contribution in [3.63, 3.8) is 0 Å². The van der Waals surface area contributed by atoms with Gasteiger partial charge >= 0.3 is 0 Å². The van der Waals surface area contributed by atoms with E-state index in [1.807, 2.05) is 48.5 Å². The summed E-state index contributed by atoms with van der Waals surface area (Å²) in [6.45, 7) is 4.34. The van der Waals surface area contributed by atoms with Gasteiger partial charge in [0.25, 0.3) is 0 Å². The Hall–Kier alpha value is -5.48. The molecule has 0 aliphatic heterocycles. The minimum atomic E-state index is -0.0257. The van der Waals surface area contributed by atoms with E-state index >= 15 is 0 Å². The predicted molar refractivity (Wildman–Crippen MR) is 172 cm³/mol. The molecule has 8 rings (SSSR count). The van der Waals surface area contributed by atoms with E-state index in [4.69, 9.17) is 4.42 Å². The van der Waals surface area contributed by atoms with Crippen LogP contribution in [0, 0.1) is 13.8 Å². The average Bonchev–Trinajstić information content (AvgIpc) is 3.38. The van der Waals surface area contributed by atoms with Gasteiger partial charge in [0, 0.05) is 28.9 Å². The Balaban J connectivity index is 1.23. The SMILES string of the molecule is Cc1cccc2c3cccc(C)c3n(-c3ccc(-c4ccc5oc6cc(-c7ccncc7)ccc6c(=O)c5c4)cc3)c12. The molecular formula is C38H26N2O2. The highest BCUT2D eigenvalue weighted by molar-refractivity contribution is 6.11. The lowest BCUT2D eigenvalue weighted by Crippen LogP contribution is -2.02. The van der Waals surface area contributed by atoms with Crippen LogP contribution in [0.5, 0.6) is 0 Å². The van der Waals surface area contributed by atoms with Gasteiger partial charge in [-0.25, -0.2) is 0 Å². The summed E-state index contributed by atoms with van der Waals surface area (Å²) in [6, 6.07) is 37.1. The minimum Gasteiger partial charge on any atom is -0.456 e. The van der Waals surface area contributed by atoms with Gasteiger partial charge in [-0.15, -0.1) is 0 Å². The monoisotopic (exact) mass is 542 g/mol. The van der Waals surface area contributed by atoms with Gasteiger partial charge in [0.05, 0.1) is 21.8 Å². The predicted octanol–water partition coefficient (Wildman–Crippen LogP) is 9.39. The molecule has 200 valence electrons. The van der Waals surface area contributed by atoms with Crippen molar-refractivity contribution >= 4 is 43.7 Å². The van der Waals surface area contributed by atoms with Gasteiger partial charge in [-0.1, -0.05) is 60.7 Å². The molecule has 0 fully saturated rings. The number of para-hydroxylation sites is 2. The molecule has 0 N–H and O–H groups in total. The number of hydrogen-bond donors (Lipinski definition) is 0. The van der Waals surface area contributed by atoms with Crippen molar-refractivity contribution in [2.75, 3.05) is 0 Å². The van der Waals surface area contributed by atoms with Gasteiger partial charge in [0.15, 0.2) is 0 Å². The van der Waals surface area contributed by atoms with E-state index in [9.17, 15) is 4.79 Å². The fourth-order valence-corrected chi connectivity index (χ4v) is 6.28. The summed E-state index contributed by atoms with van der Waals surface area (Å²) in [4.78, 5) is 17.7. The molecule has 0 aliphatic rings. The summed E-state index contributed by atoms with van der Waals surface area (Å²) < 4.78 is 8.61. The van der Waals surface area contributed by atoms with Crippen molar-refractivity contribution in [1.82, 2.24) is 9.55 Å². The number of aromatic nitrogens is 2. The molecule has 0 spiro atoms. The standard InChI is InChI=1S/C38H26N2O2/c1-23-5-3-7-30-31-8-4-6-24(2)37(31)40(36(23)30)29-13-9-25(10-14-29)27-12-16-34-33(21-27)38(41)32-15-11-28(22-35(32)42-34)26-17-19-39-20-18-26/h3-22H,1-2H3. The molecular weight excluding hydrogens is 516 g/mol. The third-order valence-corrected chi connectivity index (χ3v) is 8.36. The van der Waals surface area contributed by atoms with E-state index < -0.39 is 0 Å². The van der Waals surface area contributed by atoms with Crippen LogP contribution in [0.15, 0.2) is 131 Å². The number of pyridine rings is 1. The van der Waals surface area contributed by atoms with Crippen molar-refractivity contribution < 1.29 is 4.42 Å². The smallest absolute Gasteiger partial charge is 0.200 e. The van der Waals surface area contributed by atoms with Crippen molar-refractivity contribution in [2.24, 2.45) is 0 Å². The molecule has 0 unspecified atom stereocenters. The van der Waals surface area contributed by atoms with Gasteiger partial charge in [0.1, 0.15) is 11.2 Å². The van der Waals surface area contributed by atoms with Crippen LogP contribution in [0.4, 0.5) is 0 Å². The maximum atomic E-state index is 13.6. The molecule has 0 saturated carbocycles. The number of nitrogens with zero attached hydrogens (tertiary/aromatic N) is 2. The zero-order valence-corrected chi connectivity index (χ0v) is 23.3. The molecule has 0 atom stereocenters. The van der Waals surface area contributed by atoms with E-state index in [0.717, 1.165) is 27.9 Å². The first kappa shape index (κ1) is 24.3. The molecule has 0 radical (unpaired) electrons. The molecule has 0 aliphatic carbocycles. The van der Waals surface area contributed by atoms with E-state index in [1.54, 1.807) is 12.4 Å². The second-order valence-corrected chi connectivity index (χ2v) is 10.9. The molecule has 0 bridgehead atoms. The molecule has 8 aromatic rings. The van der Waals surface area contributed by atoms with E-state index in [0.29, 0.717) is 21.9 Å². The molecule has 4 nitrogen and oxygen atoms in total. The number of rotatable bonds is 3. The Morgan fingerprint density at radius 1 is 0.548 bits per heavy atom. The molecule has 0 saturated heterocycles. The summed E-state index contributed by atoms with van der Waals surface area (Å²) in [7, 11) is 0. The first-order chi connectivity index (χ1) is 20.6. The van der Waals surface area contributed by atoms with Crippen LogP contribution in [0.3, 0.4) is 0 Å². The summed E-state index contributed by atoms with van der Waals surface area (Å²) in [5.41, 5.74) is 11.2. The fraction of sp³-hybridized carbons (Fsp3) is 0.0526. The molecule has 3 heterocycles. The number of hydrogen-bond acceptors (Lipinski definition) is 3. The Bertz CT molecular complexity index is 2320. The second kappa shape index (κ2) is 9.28. The van der Waals surface area contributed by atoms with E-state index in [-0.39, 0.29) is 5.43 Å². The van der Waals surface area contributed by atoms with Gasteiger partial charge in [0.2, 0.25) is 5.43 Å². The third kappa shape index (κ3) is 3.69. The van der Waals surface area contributed by atoms with Crippen LogP contribution in [-0.4, -0.2) is 9.55 Å². The average molecular weight is 543 g/mol. The maximum absolute atomic E-state index is 13.6. The van der Waals surface area contributed by atoms with Gasteiger partial charge < -0.3 is 8.98 Å². The van der Waals surface area contributed by atoms with Gasteiger partial charge in [-0.3, -0.25) is 9.78 Å². The first-order valence-corrected chi connectivity index (χ1v) is 14.1. The molecule has 4 heteroatoms. The van der Waals surface area contributed by atoms with Crippen molar-refractivity contribution in [2.45, 2.75) is 13.8 Å². The Kier molecular flexibility index (Phi) is 5.38. The lowest BCUT2D eigenvalue weighted by Gasteiger charge is -2.12. The highest BCUT2D eigenvalue weighted by Gasteiger charge is 2.16. The number of fused-ring (bicyclic) bond motifs is 5. The number of aryl methyl sites for hydroxylation is 2. The number of benzene rings is 5. The van der Waals surface area contributed by atoms with Crippen LogP contribution in [0.1, 0.15) is 11.1 Å². The van der Waals surface area contributed by atoms with Crippen molar-refractivity contribution in [1.29, 1.82) is 0 Å². The zero-order valence-electron chi connectivity index (χ0n) is 23.3. The van der Waals surface area contributed by atoms with Gasteiger partial charge in [-0.05, 0) is 95.8 Å². The summed E-state index contributed by atoms with van der Waals surface area (Å²) in [6.07, 6.45) is 3.52. The molecule has 0 amide bonds. The maximum Gasteiger partial charge on any atom is 0.200 e. The Morgan fingerprint density at radius 3 is 1.83 bits per heavy atom. The highest BCUT2D eigenvalue weighted by atomic mass is 16.3. The highest BCUT2D eigenvalue weighted by Crippen LogP contribution is 2.36. The summed E-state index contributed by atoms with van der Waals surface area (Å²) in [5, 5.41) is 3.68. The Labute approximate surface area is 242 Å². The van der Waals surface area contributed by atoms with Crippen LogP contribution < -0.4 is 5.43 Å². The lowest BCUT2D eigenvalue weighted by molar-refractivity contribution is 0.660. The lowest BCUT2D eigenvalue weighted by atomic mass is 10.0. The molecule has 3 aromatic heterocycles. The normalized spacial score (nSPS) is 11.7. The largest absolute Gasteiger partial charge is 0.456 e. The van der Waals surface area contributed by atoms with E-state index in [1.165, 1.54) is 32.9 Å². The minimum absolute atomic E-state index is 0.0257. The molecule has 5 aromatic carbocycles. The Morgan fingerprint density at radius 2 is 1.14 bits per heavy atom. The summed E-state index contributed by atoms with van der Waals surface area (Å²) in [5.74, 6) is 0. The summed E-state index contributed by atoms with van der Waals surface area (Å²) >= 11 is 0. The molecule has 42 heavy (non-hydrogen) atoms. The van der Waals surface area contributed by atoms with Crippen molar-refractivity contribution in [3.8, 4) is 27.9 Å². The van der Waals surface area contributed by atoms with Crippen LogP contribution in [0.2, 0.25) is 0 Å². The van der Waals surface area contributed by atoms with Gasteiger partial charge in [-0.2, -0.15) is 0 Å². The fourth-order valence-electron chi connectivity index (χ4n) is 6.28. The van der Waals surface area contributed by atoms with Crippen molar-refractivity contribution in [3.05, 3.63) is 143 Å². The van der Waals surface area contributed by atoms with Crippen LogP contribution >= 0.6 is 0 Å². The third-order valence-electron chi connectivity index (χ3n) is 8.36.